The quantitative estimate of drug-likeness (QED) is 0.653. The Kier molecular flexibility index (Phi) is 5.53. The van der Waals surface area contributed by atoms with Crippen molar-refractivity contribution in [1.29, 1.82) is 5.26 Å². The van der Waals surface area contributed by atoms with Crippen molar-refractivity contribution in [2.75, 3.05) is 7.11 Å². The van der Waals surface area contributed by atoms with E-state index in [4.69, 9.17) is 20.5 Å². The number of nitrogens with two attached hydrogens (primary N) is 1. The molecule has 0 saturated carbocycles. The zero-order valence-corrected chi connectivity index (χ0v) is 13.0. The number of rotatable bonds is 6. The Morgan fingerprint density at radius 1 is 1.29 bits per heavy atom. The van der Waals surface area contributed by atoms with Crippen LogP contribution in [-0.4, -0.2) is 13.0 Å². The maximum atomic E-state index is 13.2. The third-order valence-electron chi connectivity index (χ3n) is 3.17. The highest BCUT2D eigenvalue weighted by Gasteiger charge is 2.08. The molecule has 0 unspecified atom stereocenters. The molecule has 0 heterocycles. The van der Waals surface area contributed by atoms with E-state index in [2.05, 4.69) is 0 Å². The summed E-state index contributed by atoms with van der Waals surface area (Å²) in [6.45, 7) is 0.175. The van der Waals surface area contributed by atoms with Crippen molar-refractivity contribution in [2.45, 2.75) is 6.61 Å². The first-order valence-electron chi connectivity index (χ1n) is 7.00. The molecule has 6 heteroatoms. The number of benzene rings is 2. The van der Waals surface area contributed by atoms with Gasteiger partial charge in [-0.05, 0) is 41.5 Å². The van der Waals surface area contributed by atoms with Crippen molar-refractivity contribution in [3.8, 4) is 17.6 Å². The van der Waals surface area contributed by atoms with Crippen molar-refractivity contribution >= 4 is 12.0 Å². The minimum Gasteiger partial charge on any atom is -0.493 e. The van der Waals surface area contributed by atoms with E-state index in [-0.39, 0.29) is 18.0 Å². The number of hydrogen-bond acceptors (Lipinski definition) is 4. The zero-order valence-electron chi connectivity index (χ0n) is 13.0. The number of hydrogen-bond donors (Lipinski definition) is 1. The Morgan fingerprint density at radius 2 is 2.08 bits per heavy atom. The second-order valence-corrected chi connectivity index (χ2v) is 4.86. The highest BCUT2D eigenvalue weighted by atomic mass is 19.1. The first kappa shape index (κ1) is 17.0. The van der Waals surface area contributed by atoms with Crippen LogP contribution in [-0.2, 0) is 11.4 Å². The summed E-state index contributed by atoms with van der Waals surface area (Å²) < 4.78 is 24.0. The average molecular weight is 326 g/mol. The molecule has 0 bridgehead atoms. The number of methoxy groups -OCH3 is 1. The highest BCUT2D eigenvalue weighted by molar-refractivity contribution is 6.00. The molecule has 0 aliphatic rings. The van der Waals surface area contributed by atoms with Gasteiger partial charge < -0.3 is 15.2 Å². The van der Waals surface area contributed by atoms with E-state index in [1.807, 2.05) is 0 Å². The fraction of sp³-hybridized carbons (Fsp3) is 0.111. The maximum Gasteiger partial charge on any atom is 0.259 e. The topological polar surface area (TPSA) is 85.3 Å². The molecule has 5 nitrogen and oxygen atoms in total. The molecule has 2 rings (SSSR count). The van der Waals surface area contributed by atoms with Crippen LogP contribution >= 0.6 is 0 Å². The summed E-state index contributed by atoms with van der Waals surface area (Å²) in [6, 6.07) is 12.7. The van der Waals surface area contributed by atoms with Crippen LogP contribution in [0.3, 0.4) is 0 Å². The number of halogens is 1. The van der Waals surface area contributed by atoms with Gasteiger partial charge in [-0.25, -0.2) is 4.39 Å². The molecule has 0 aliphatic carbocycles. The average Bonchev–Trinajstić information content (AvgIpc) is 2.58. The largest absolute Gasteiger partial charge is 0.493 e. The van der Waals surface area contributed by atoms with Gasteiger partial charge >= 0.3 is 0 Å². The molecule has 0 aliphatic heterocycles. The Morgan fingerprint density at radius 3 is 2.71 bits per heavy atom. The molecule has 24 heavy (non-hydrogen) atoms. The minimum absolute atomic E-state index is 0.162. The molecule has 0 saturated heterocycles. The number of nitrogens with zero attached hydrogens (tertiary/aromatic N) is 1. The Balaban J connectivity index is 2.20. The van der Waals surface area contributed by atoms with Gasteiger partial charge in [0.15, 0.2) is 11.5 Å². The van der Waals surface area contributed by atoms with Crippen LogP contribution in [0.15, 0.2) is 48.0 Å². The van der Waals surface area contributed by atoms with Gasteiger partial charge in [-0.2, -0.15) is 5.26 Å². The number of nitriles is 1. The normalized spacial score (nSPS) is 10.8. The monoisotopic (exact) mass is 326 g/mol. The summed E-state index contributed by atoms with van der Waals surface area (Å²) in [7, 11) is 1.47. The van der Waals surface area contributed by atoms with E-state index in [1.54, 1.807) is 36.4 Å². The van der Waals surface area contributed by atoms with Crippen molar-refractivity contribution in [3.63, 3.8) is 0 Å². The van der Waals surface area contributed by atoms with Gasteiger partial charge in [0.25, 0.3) is 5.91 Å². The highest BCUT2D eigenvalue weighted by Crippen LogP contribution is 2.29. The lowest BCUT2D eigenvalue weighted by Gasteiger charge is -2.11. The third kappa shape index (κ3) is 4.34. The Hall–Kier alpha value is -3.33. The predicted octanol–water partition coefficient (Wildman–Crippen LogP) is 2.81. The first-order valence-corrected chi connectivity index (χ1v) is 7.00. The van der Waals surface area contributed by atoms with E-state index >= 15 is 0 Å². The SMILES string of the molecule is COc1cc(C=C(C#N)C(N)=O)ccc1OCc1cccc(F)c1. The molecule has 2 aromatic carbocycles. The second kappa shape index (κ2) is 7.79. The van der Waals surface area contributed by atoms with Gasteiger partial charge in [0.1, 0.15) is 24.1 Å². The summed E-state index contributed by atoms with van der Waals surface area (Å²) in [5.74, 6) is -0.264. The van der Waals surface area contributed by atoms with Crippen LogP contribution in [0.1, 0.15) is 11.1 Å². The van der Waals surface area contributed by atoms with Gasteiger partial charge in [0.2, 0.25) is 0 Å². The predicted molar refractivity (Wildman–Crippen MR) is 86.5 cm³/mol. The Bertz CT molecular complexity index is 825. The molecule has 2 N–H and O–H groups in total. The summed E-state index contributed by atoms with van der Waals surface area (Å²) in [6.07, 6.45) is 1.36. The summed E-state index contributed by atoms with van der Waals surface area (Å²) in [4.78, 5) is 11.1. The van der Waals surface area contributed by atoms with Crippen molar-refractivity contribution < 1.29 is 18.7 Å². The lowest BCUT2D eigenvalue weighted by molar-refractivity contribution is -0.114. The van der Waals surface area contributed by atoms with E-state index in [0.717, 1.165) is 0 Å². The van der Waals surface area contributed by atoms with Crippen molar-refractivity contribution in [1.82, 2.24) is 0 Å². The standard InChI is InChI=1S/C18H15FN2O3/c1-23-17-9-12(7-14(10-20)18(21)22)5-6-16(17)24-11-13-3-2-4-15(19)8-13/h2-9H,11H2,1H3,(H2,21,22). The minimum atomic E-state index is -0.803. The lowest BCUT2D eigenvalue weighted by Crippen LogP contribution is -2.12. The smallest absolute Gasteiger partial charge is 0.259 e. The molecule has 0 atom stereocenters. The van der Waals surface area contributed by atoms with Crippen molar-refractivity contribution in [2.24, 2.45) is 5.73 Å². The van der Waals surface area contributed by atoms with Crippen LogP contribution < -0.4 is 15.2 Å². The summed E-state index contributed by atoms with van der Waals surface area (Å²) in [5, 5.41) is 8.87. The van der Waals surface area contributed by atoms with E-state index in [9.17, 15) is 9.18 Å². The maximum absolute atomic E-state index is 13.2. The molecule has 122 valence electrons. The van der Waals surface area contributed by atoms with Crippen LogP contribution in [0.25, 0.3) is 6.08 Å². The molecular weight excluding hydrogens is 311 g/mol. The van der Waals surface area contributed by atoms with Crippen LogP contribution in [0.5, 0.6) is 11.5 Å². The van der Waals surface area contributed by atoms with Gasteiger partial charge in [-0.3, -0.25) is 4.79 Å². The number of carbonyl (C=O) groups is 1. The molecule has 0 fully saturated rings. The van der Waals surface area contributed by atoms with Gasteiger partial charge in [-0.1, -0.05) is 18.2 Å². The molecule has 0 radical (unpaired) electrons. The number of carbonyl (C=O) groups excluding carboxylic acids is 1. The van der Waals surface area contributed by atoms with Crippen LogP contribution in [0.2, 0.25) is 0 Å². The molecular formula is C18H15FN2O3. The fourth-order valence-corrected chi connectivity index (χ4v) is 2.01. The summed E-state index contributed by atoms with van der Waals surface area (Å²) >= 11 is 0. The van der Waals surface area contributed by atoms with E-state index in [1.165, 1.54) is 25.3 Å². The molecule has 0 spiro atoms. The van der Waals surface area contributed by atoms with Gasteiger partial charge in [0, 0.05) is 0 Å². The molecule has 1 amide bonds. The van der Waals surface area contributed by atoms with E-state index in [0.29, 0.717) is 22.6 Å². The summed E-state index contributed by atoms with van der Waals surface area (Å²) in [5.41, 5.74) is 6.19. The van der Waals surface area contributed by atoms with Crippen LogP contribution in [0.4, 0.5) is 4.39 Å². The van der Waals surface area contributed by atoms with Gasteiger partial charge in [-0.15, -0.1) is 0 Å². The second-order valence-electron chi connectivity index (χ2n) is 4.86. The zero-order chi connectivity index (χ0) is 17.5. The van der Waals surface area contributed by atoms with Crippen LogP contribution in [0, 0.1) is 17.1 Å². The third-order valence-corrected chi connectivity index (χ3v) is 3.17. The number of primary amides is 1. The lowest BCUT2D eigenvalue weighted by atomic mass is 10.1. The van der Waals surface area contributed by atoms with E-state index < -0.39 is 5.91 Å². The Labute approximate surface area is 138 Å². The van der Waals surface area contributed by atoms with Crippen molar-refractivity contribution in [3.05, 3.63) is 65.0 Å². The number of amides is 1. The molecule has 2 aromatic rings. The van der Waals surface area contributed by atoms with Gasteiger partial charge in [0.05, 0.1) is 7.11 Å². The molecule has 0 aromatic heterocycles. The first-order chi connectivity index (χ1) is 11.5. The number of ether oxygens (including phenoxy) is 2. The fourth-order valence-electron chi connectivity index (χ4n) is 2.01.